The van der Waals surface area contributed by atoms with Crippen LogP contribution in [0.15, 0.2) is 22.8 Å². The summed E-state index contributed by atoms with van der Waals surface area (Å²) in [6.45, 7) is 10.7. The molecule has 0 aliphatic rings. The Balaban J connectivity index is 2.51. The van der Waals surface area contributed by atoms with Crippen LogP contribution in [-0.4, -0.2) is 48.4 Å². The third kappa shape index (κ3) is 3.89. The summed E-state index contributed by atoms with van der Waals surface area (Å²) in [4.78, 5) is 16.2. The van der Waals surface area contributed by atoms with Crippen molar-refractivity contribution in [2.75, 3.05) is 32.7 Å². The molecule has 0 fully saturated rings. The lowest BCUT2D eigenvalue weighted by Gasteiger charge is -2.24. The van der Waals surface area contributed by atoms with Crippen LogP contribution < -0.4 is 0 Å². The van der Waals surface area contributed by atoms with Gasteiger partial charge in [0, 0.05) is 19.6 Å². The molecule has 0 N–H and O–H groups in total. The second-order valence-corrected chi connectivity index (χ2v) is 3.89. The van der Waals surface area contributed by atoms with Crippen molar-refractivity contribution in [3.63, 3.8) is 0 Å². The summed E-state index contributed by atoms with van der Waals surface area (Å²) in [6, 6.07) is 3.45. The molecule has 96 valence electrons. The second-order valence-electron chi connectivity index (χ2n) is 3.89. The first-order chi connectivity index (χ1) is 8.22. The molecule has 0 saturated carbocycles. The monoisotopic (exact) mass is 238 g/mol. The Morgan fingerprint density at radius 3 is 2.35 bits per heavy atom. The number of amides is 1. The maximum atomic E-state index is 12.0. The predicted molar refractivity (Wildman–Crippen MR) is 68.1 cm³/mol. The van der Waals surface area contributed by atoms with Gasteiger partial charge in [0.05, 0.1) is 6.26 Å². The minimum absolute atomic E-state index is 0.0235. The van der Waals surface area contributed by atoms with Crippen LogP contribution in [0.3, 0.4) is 0 Å². The minimum atomic E-state index is -0.0235. The molecule has 4 nitrogen and oxygen atoms in total. The van der Waals surface area contributed by atoms with Gasteiger partial charge in [-0.2, -0.15) is 0 Å². The molecule has 0 aliphatic carbocycles. The maximum absolute atomic E-state index is 12.0. The molecule has 0 atom stereocenters. The number of likely N-dealkylation sites (N-methyl/N-ethyl adjacent to an activating group) is 2. The Morgan fingerprint density at radius 1 is 1.18 bits per heavy atom. The van der Waals surface area contributed by atoms with E-state index in [1.807, 2.05) is 11.8 Å². The van der Waals surface area contributed by atoms with Crippen molar-refractivity contribution in [2.24, 2.45) is 0 Å². The van der Waals surface area contributed by atoms with E-state index in [1.165, 1.54) is 6.26 Å². The van der Waals surface area contributed by atoms with Crippen molar-refractivity contribution in [1.29, 1.82) is 0 Å². The Bertz CT molecular complexity index is 318. The summed E-state index contributed by atoms with van der Waals surface area (Å²) in [6.07, 6.45) is 1.53. The number of carbonyl (C=O) groups is 1. The molecule has 0 unspecified atom stereocenters. The van der Waals surface area contributed by atoms with E-state index in [0.29, 0.717) is 12.3 Å². The van der Waals surface area contributed by atoms with E-state index in [-0.39, 0.29) is 5.91 Å². The summed E-state index contributed by atoms with van der Waals surface area (Å²) in [7, 11) is 0. The summed E-state index contributed by atoms with van der Waals surface area (Å²) >= 11 is 0. The van der Waals surface area contributed by atoms with Crippen LogP contribution in [0.4, 0.5) is 0 Å². The van der Waals surface area contributed by atoms with E-state index >= 15 is 0 Å². The minimum Gasteiger partial charge on any atom is -0.459 e. The molecule has 17 heavy (non-hydrogen) atoms. The zero-order valence-electron chi connectivity index (χ0n) is 11.0. The molecule has 0 radical (unpaired) electrons. The van der Waals surface area contributed by atoms with Gasteiger partial charge in [0.2, 0.25) is 0 Å². The molecule has 1 amide bonds. The standard InChI is InChI=1S/C13H22N2O2/c1-4-14(5-2)9-10-15(6-3)13(16)12-8-7-11-17-12/h7-8,11H,4-6,9-10H2,1-3H3. The van der Waals surface area contributed by atoms with Gasteiger partial charge in [-0.05, 0) is 32.1 Å². The first-order valence-electron chi connectivity index (χ1n) is 6.28. The summed E-state index contributed by atoms with van der Waals surface area (Å²) in [5, 5.41) is 0. The first-order valence-corrected chi connectivity index (χ1v) is 6.28. The Kier molecular flexibility index (Phi) is 5.77. The highest BCUT2D eigenvalue weighted by Gasteiger charge is 2.16. The van der Waals surface area contributed by atoms with E-state index in [9.17, 15) is 4.79 Å². The van der Waals surface area contributed by atoms with Crippen molar-refractivity contribution in [2.45, 2.75) is 20.8 Å². The molecular formula is C13H22N2O2. The summed E-state index contributed by atoms with van der Waals surface area (Å²) in [5.74, 6) is 0.399. The van der Waals surface area contributed by atoms with E-state index < -0.39 is 0 Å². The predicted octanol–water partition coefficient (Wildman–Crippen LogP) is 2.08. The molecule has 1 aromatic rings. The number of carbonyl (C=O) groups excluding carboxylic acids is 1. The lowest BCUT2D eigenvalue weighted by molar-refractivity contribution is 0.0715. The fraction of sp³-hybridized carbons (Fsp3) is 0.615. The summed E-state index contributed by atoms with van der Waals surface area (Å²) < 4.78 is 5.13. The quantitative estimate of drug-likeness (QED) is 0.730. The van der Waals surface area contributed by atoms with Gasteiger partial charge in [0.15, 0.2) is 5.76 Å². The molecular weight excluding hydrogens is 216 g/mol. The van der Waals surface area contributed by atoms with Crippen LogP contribution >= 0.6 is 0 Å². The molecule has 1 rings (SSSR count). The van der Waals surface area contributed by atoms with Gasteiger partial charge in [-0.25, -0.2) is 0 Å². The highest BCUT2D eigenvalue weighted by molar-refractivity contribution is 5.91. The van der Waals surface area contributed by atoms with Gasteiger partial charge < -0.3 is 14.2 Å². The maximum Gasteiger partial charge on any atom is 0.289 e. The number of hydrogen-bond donors (Lipinski definition) is 0. The van der Waals surface area contributed by atoms with E-state index in [1.54, 1.807) is 12.1 Å². The van der Waals surface area contributed by atoms with Crippen molar-refractivity contribution in [3.8, 4) is 0 Å². The fourth-order valence-electron chi connectivity index (χ4n) is 1.76. The van der Waals surface area contributed by atoms with Gasteiger partial charge in [0.25, 0.3) is 5.91 Å². The van der Waals surface area contributed by atoms with Gasteiger partial charge in [-0.15, -0.1) is 0 Å². The molecule has 1 aromatic heterocycles. The topological polar surface area (TPSA) is 36.7 Å². The highest BCUT2D eigenvalue weighted by Crippen LogP contribution is 2.05. The molecule has 0 aliphatic heterocycles. The van der Waals surface area contributed by atoms with Crippen LogP contribution in [0.5, 0.6) is 0 Å². The fourth-order valence-corrected chi connectivity index (χ4v) is 1.76. The molecule has 0 saturated heterocycles. The number of rotatable bonds is 7. The SMILES string of the molecule is CCN(CC)CCN(CC)C(=O)c1ccco1. The second kappa shape index (κ2) is 7.12. The zero-order chi connectivity index (χ0) is 12.7. The molecule has 0 spiro atoms. The molecule has 4 heteroatoms. The van der Waals surface area contributed by atoms with Crippen LogP contribution in [0.1, 0.15) is 31.3 Å². The molecule has 1 heterocycles. The van der Waals surface area contributed by atoms with E-state index in [0.717, 1.165) is 26.2 Å². The third-order valence-corrected chi connectivity index (χ3v) is 2.98. The highest BCUT2D eigenvalue weighted by atomic mass is 16.3. The van der Waals surface area contributed by atoms with Crippen LogP contribution in [0, 0.1) is 0 Å². The van der Waals surface area contributed by atoms with E-state index in [4.69, 9.17) is 4.42 Å². The first kappa shape index (κ1) is 13.8. The number of nitrogens with zero attached hydrogens (tertiary/aromatic N) is 2. The molecule has 0 aromatic carbocycles. The molecule has 0 bridgehead atoms. The van der Waals surface area contributed by atoms with Crippen molar-refractivity contribution >= 4 is 5.91 Å². The average Bonchev–Trinajstić information content (AvgIpc) is 2.88. The van der Waals surface area contributed by atoms with E-state index in [2.05, 4.69) is 18.7 Å². The van der Waals surface area contributed by atoms with Crippen LogP contribution in [-0.2, 0) is 0 Å². The Hall–Kier alpha value is -1.29. The lowest BCUT2D eigenvalue weighted by atomic mass is 10.3. The average molecular weight is 238 g/mol. The lowest BCUT2D eigenvalue weighted by Crippen LogP contribution is -2.38. The van der Waals surface area contributed by atoms with Gasteiger partial charge in [0.1, 0.15) is 0 Å². The van der Waals surface area contributed by atoms with Crippen molar-refractivity contribution < 1.29 is 9.21 Å². The number of furan rings is 1. The van der Waals surface area contributed by atoms with Gasteiger partial charge in [-0.3, -0.25) is 4.79 Å². The largest absolute Gasteiger partial charge is 0.459 e. The van der Waals surface area contributed by atoms with Crippen LogP contribution in [0.2, 0.25) is 0 Å². The number of hydrogen-bond acceptors (Lipinski definition) is 3. The smallest absolute Gasteiger partial charge is 0.289 e. The van der Waals surface area contributed by atoms with Gasteiger partial charge >= 0.3 is 0 Å². The normalized spacial score (nSPS) is 10.8. The van der Waals surface area contributed by atoms with Crippen molar-refractivity contribution in [3.05, 3.63) is 24.2 Å². The van der Waals surface area contributed by atoms with Gasteiger partial charge in [-0.1, -0.05) is 13.8 Å². The third-order valence-electron chi connectivity index (χ3n) is 2.98. The van der Waals surface area contributed by atoms with Crippen LogP contribution in [0.25, 0.3) is 0 Å². The Morgan fingerprint density at radius 2 is 1.88 bits per heavy atom. The Labute approximate surface area is 103 Å². The zero-order valence-corrected chi connectivity index (χ0v) is 11.0. The summed E-state index contributed by atoms with van der Waals surface area (Å²) in [5.41, 5.74) is 0. The van der Waals surface area contributed by atoms with Crippen molar-refractivity contribution in [1.82, 2.24) is 9.80 Å².